The second-order valence-corrected chi connectivity index (χ2v) is 6.72. The second kappa shape index (κ2) is 8.53. The van der Waals surface area contributed by atoms with Crippen LogP contribution < -0.4 is 15.1 Å². The molecule has 1 amide bonds. The number of hydrogen-bond acceptors (Lipinski definition) is 6. The van der Waals surface area contributed by atoms with E-state index >= 15 is 0 Å². The molecular formula is C20H23FN4O3. The van der Waals surface area contributed by atoms with Gasteiger partial charge in [-0.05, 0) is 30.3 Å². The summed E-state index contributed by atoms with van der Waals surface area (Å²) in [4.78, 5) is 21.0. The monoisotopic (exact) mass is 386 g/mol. The molecular weight excluding hydrogens is 363 g/mol. The quantitative estimate of drug-likeness (QED) is 0.869. The zero-order valence-electron chi connectivity index (χ0n) is 15.6. The molecule has 0 spiro atoms. The SMILES string of the molecule is O=C(Nc1ccc(N2CCOCC2)c(F)c1)c1ccnc(N2CCOCC2)c1. The highest BCUT2D eigenvalue weighted by Crippen LogP contribution is 2.24. The first-order valence-corrected chi connectivity index (χ1v) is 9.43. The highest BCUT2D eigenvalue weighted by atomic mass is 19.1. The van der Waals surface area contributed by atoms with Crippen molar-refractivity contribution in [3.05, 3.63) is 47.9 Å². The molecule has 0 bridgehead atoms. The lowest BCUT2D eigenvalue weighted by molar-refractivity contribution is 0.102. The van der Waals surface area contributed by atoms with Crippen molar-refractivity contribution in [2.24, 2.45) is 0 Å². The number of ether oxygens (including phenoxy) is 2. The molecule has 1 N–H and O–H groups in total. The van der Waals surface area contributed by atoms with Crippen molar-refractivity contribution in [3.8, 4) is 0 Å². The minimum absolute atomic E-state index is 0.296. The molecule has 28 heavy (non-hydrogen) atoms. The predicted molar refractivity (Wildman–Crippen MR) is 105 cm³/mol. The minimum Gasteiger partial charge on any atom is -0.378 e. The van der Waals surface area contributed by atoms with Crippen molar-refractivity contribution < 1.29 is 18.7 Å². The Morgan fingerprint density at radius 2 is 1.64 bits per heavy atom. The summed E-state index contributed by atoms with van der Waals surface area (Å²) in [6.45, 7) is 5.27. The van der Waals surface area contributed by atoms with E-state index in [4.69, 9.17) is 9.47 Å². The van der Waals surface area contributed by atoms with Gasteiger partial charge in [0.25, 0.3) is 5.91 Å². The summed E-state index contributed by atoms with van der Waals surface area (Å²) in [5.74, 6) is 0.0867. The van der Waals surface area contributed by atoms with Gasteiger partial charge in [-0.25, -0.2) is 9.37 Å². The molecule has 0 unspecified atom stereocenters. The molecule has 2 aromatic rings. The Morgan fingerprint density at radius 1 is 0.964 bits per heavy atom. The van der Waals surface area contributed by atoms with Crippen LogP contribution in [0.4, 0.5) is 21.6 Å². The number of halogens is 1. The van der Waals surface area contributed by atoms with Gasteiger partial charge in [0.05, 0.1) is 32.1 Å². The van der Waals surface area contributed by atoms with Crippen molar-refractivity contribution >= 4 is 23.1 Å². The third kappa shape index (κ3) is 4.23. The maximum absolute atomic E-state index is 14.5. The van der Waals surface area contributed by atoms with Gasteiger partial charge in [0.15, 0.2) is 0 Å². The number of aromatic nitrogens is 1. The van der Waals surface area contributed by atoms with E-state index in [1.54, 1.807) is 30.5 Å². The van der Waals surface area contributed by atoms with E-state index in [1.165, 1.54) is 6.07 Å². The minimum atomic E-state index is -0.358. The first-order chi connectivity index (χ1) is 13.7. The van der Waals surface area contributed by atoms with Crippen LogP contribution in [0.5, 0.6) is 0 Å². The molecule has 7 nitrogen and oxygen atoms in total. The molecule has 0 atom stereocenters. The fourth-order valence-electron chi connectivity index (χ4n) is 3.37. The van der Waals surface area contributed by atoms with Crippen molar-refractivity contribution in [3.63, 3.8) is 0 Å². The number of morpholine rings is 2. The van der Waals surface area contributed by atoms with E-state index in [-0.39, 0.29) is 11.7 Å². The highest BCUT2D eigenvalue weighted by molar-refractivity contribution is 6.04. The number of carbonyl (C=O) groups excluding carboxylic acids is 1. The zero-order valence-corrected chi connectivity index (χ0v) is 15.6. The summed E-state index contributed by atoms with van der Waals surface area (Å²) in [7, 11) is 0. The van der Waals surface area contributed by atoms with Gasteiger partial charge >= 0.3 is 0 Å². The smallest absolute Gasteiger partial charge is 0.255 e. The van der Waals surface area contributed by atoms with Crippen LogP contribution in [0.15, 0.2) is 36.5 Å². The van der Waals surface area contributed by atoms with Crippen LogP contribution in [-0.4, -0.2) is 63.5 Å². The van der Waals surface area contributed by atoms with Crippen LogP contribution in [0, 0.1) is 5.82 Å². The summed E-state index contributed by atoms with van der Waals surface area (Å²) < 4.78 is 25.2. The third-order valence-corrected chi connectivity index (χ3v) is 4.90. The zero-order chi connectivity index (χ0) is 19.3. The van der Waals surface area contributed by atoms with Crippen molar-refractivity contribution in [2.45, 2.75) is 0 Å². The number of amides is 1. The van der Waals surface area contributed by atoms with E-state index in [0.717, 1.165) is 18.9 Å². The molecule has 2 aliphatic rings. The Labute approximate surface area is 163 Å². The lowest BCUT2D eigenvalue weighted by Gasteiger charge is -2.29. The van der Waals surface area contributed by atoms with Crippen molar-refractivity contribution in [1.29, 1.82) is 0 Å². The maximum atomic E-state index is 14.5. The summed E-state index contributed by atoms with van der Waals surface area (Å²) in [5, 5.41) is 2.77. The van der Waals surface area contributed by atoms with E-state index in [2.05, 4.69) is 15.2 Å². The largest absolute Gasteiger partial charge is 0.378 e. The van der Waals surface area contributed by atoms with Gasteiger partial charge in [-0.2, -0.15) is 0 Å². The Morgan fingerprint density at radius 3 is 2.32 bits per heavy atom. The van der Waals surface area contributed by atoms with E-state index in [9.17, 15) is 9.18 Å². The Bertz CT molecular complexity index is 836. The number of benzene rings is 1. The molecule has 0 saturated carbocycles. The van der Waals surface area contributed by atoms with Crippen LogP contribution in [0.2, 0.25) is 0 Å². The summed E-state index contributed by atoms with van der Waals surface area (Å²) in [5.41, 5.74) is 1.43. The molecule has 0 radical (unpaired) electrons. The number of carbonyl (C=O) groups is 1. The average Bonchev–Trinajstić information content (AvgIpc) is 2.75. The lowest BCUT2D eigenvalue weighted by atomic mass is 10.2. The molecule has 2 saturated heterocycles. The average molecular weight is 386 g/mol. The number of nitrogens with one attached hydrogen (secondary N) is 1. The molecule has 0 aliphatic carbocycles. The van der Waals surface area contributed by atoms with Crippen LogP contribution in [0.25, 0.3) is 0 Å². The number of rotatable bonds is 4. The summed E-state index contributed by atoms with van der Waals surface area (Å²) in [6.07, 6.45) is 1.61. The first-order valence-electron chi connectivity index (χ1n) is 9.43. The van der Waals surface area contributed by atoms with Gasteiger partial charge < -0.3 is 24.6 Å². The maximum Gasteiger partial charge on any atom is 0.255 e. The molecule has 2 aliphatic heterocycles. The van der Waals surface area contributed by atoms with E-state index in [0.29, 0.717) is 56.5 Å². The summed E-state index contributed by atoms with van der Waals surface area (Å²) in [6, 6.07) is 8.17. The molecule has 3 heterocycles. The fourth-order valence-corrected chi connectivity index (χ4v) is 3.37. The lowest BCUT2D eigenvalue weighted by Crippen LogP contribution is -2.36. The molecule has 2 fully saturated rings. The Hall–Kier alpha value is -2.71. The summed E-state index contributed by atoms with van der Waals surface area (Å²) >= 11 is 0. The van der Waals surface area contributed by atoms with Gasteiger partial charge in [-0.15, -0.1) is 0 Å². The molecule has 4 rings (SSSR count). The number of pyridine rings is 1. The van der Waals surface area contributed by atoms with Gasteiger partial charge in [0.1, 0.15) is 11.6 Å². The molecule has 1 aromatic heterocycles. The Balaban J connectivity index is 1.45. The van der Waals surface area contributed by atoms with Crippen LogP contribution in [0.3, 0.4) is 0 Å². The van der Waals surface area contributed by atoms with Crippen molar-refractivity contribution in [2.75, 3.05) is 67.7 Å². The molecule has 1 aromatic carbocycles. The fraction of sp³-hybridized carbons (Fsp3) is 0.400. The molecule has 8 heteroatoms. The van der Waals surface area contributed by atoms with Gasteiger partial charge in [0, 0.05) is 43.6 Å². The van der Waals surface area contributed by atoms with E-state index < -0.39 is 0 Å². The number of hydrogen-bond donors (Lipinski definition) is 1. The topological polar surface area (TPSA) is 66.9 Å². The number of anilines is 3. The normalized spacial score (nSPS) is 17.5. The predicted octanol–water partition coefficient (Wildman–Crippen LogP) is 2.15. The first kappa shape index (κ1) is 18.6. The highest BCUT2D eigenvalue weighted by Gasteiger charge is 2.17. The number of nitrogens with zero attached hydrogens (tertiary/aromatic N) is 3. The second-order valence-electron chi connectivity index (χ2n) is 6.72. The van der Waals surface area contributed by atoms with Gasteiger partial charge in [0.2, 0.25) is 0 Å². The Kier molecular flexibility index (Phi) is 5.68. The third-order valence-electron chi connectivity index (χ3n) is 4.90. The van der Waals surface area contributed by atoms with Crippen molar-refractivity contribution in [1.82, 2.24) is 4.98 Å². The van der Waals surface area contributed by atoms with Gasteiger partial charge in [-0.3, -0.25) is 4.79 Å². The van der Waals surface area contributed by atoms with Crippen LogP contribution in [0.1, 0.15) is 10.4 Å². The standard InChI is InChI=1S/C20H23FN4O3/c21-17-14-16(1-2-18(17)24-5-9-27-10-6-24)23-20(26)15-3-4-22-19(13-15)25-7-11-28-12-8-25/h1-4,13-14H,5-12H2,(H,23,26). The van der Waals surface area contributed by atoms with Crippen LogP contribution in [-0.2, 0) is 9.47 Å². The van der Waals surface area contributed by atoms with Crippen LogP contribution >= 0.6 is 0 Å². The molecule has 148 valence electrons. The van der Waals surface area contributed by atoms with Gasteiger partial charge in [-0.1, -0.05) is 0 Å². The van der Waals surface area contributed by atoms with E-state index in [1.807, 2.05) is 4.90 Å².